The average molecular weight is 442 g/mol. The molecule has 2 aromatic heterocycles. The first-order valence-corrected chi connectivity index (χ1v) is 10.3. The van der Waals surface area contributed by atoms with Gasteiger partial charge < -0.3 is 19.5 Å². The van der Waals surface area contributed by atoms with E-state index in [4.69, 9.17) is 8.83 Å². The van der Waals surface area contributed by atoms with Gasteiger partial charge in [0.2, 0.25) is 11.7 Å². The molecular formula is C26H19FN2O4. The lowest BCUT2D eigenvalue weighted by atomic mass is 10.1. The molecular weight excluding hydrogens is 423 g/mol. The fourth-order valence-corrected chi connectivity index (χ4v) is 3.79. The first-order chi connectivity index (χ1) is 16.0. The molecule has 164 valence electrons. The molecule has 2 heterocycles. The smallest absolute Gasteiger partial charge is 0.293 e. The Kier molecular flexibility index (Phi) is 5.14. The highest BCUT2D eigenvalue weighted by molar-refractivity contribution is 6.14. The van der Waals surface area contributed by atoms with Crippen LogP contribution in [0.25, 0.3) is 21.9 Å². The molecule has 0 aliphatic carbocycles. The van der Waals surface area contributed by atoms with E-state index in [9.17, 15) is 14.0 Å². The lowest BCUT2D eigenvalue weighted by molar-refractivity contribution is -0.115. The third kappa shape index (κ3) is 4.08. The second kappa shape index (κ2) is 8.27. The van der Waals surface area contributed by atoms with Crippen LogP contribution in [0.15, 0.2) is 81.8 Å². The number of rotatable bonds is 5. The molecule has 2 amide bonds. The number of furan rings is 2. The minimum absolute atomic E-state index is 0.00541. The van der Waals surface area contributed by atoms with Crippen molar-refractivity contribution >= 4 is 45.1 Å². The molecule has 0 aliphatic rings. The number of amides is 2. The molecule has 0 fully saturated rings. The van der Waals surface area contributed by atoms with Crippen LogP contribution in [0.2, 0.25) is 0 Å². The van der Waals surface area contributed by atoms with E-state index in [-0.39, 0.29) is 17.9 Å². The number of halogens is 1. The van der Waals surface area contributed by atoms with Crippen molar-refractivity contribution in [3.63, 3.8) is 0 Å². The van der Waals surface area contributed by atoms with Crippen molar-refractivity contribution in [2.24, 2.45) is 0 Å². The number of para-hydroxylation sites is 1. The van der Waals surface area contributed by atoms with Gasteiger partial charge in [-0.15, -0.1) is 0 Å². The molecule has 0 atom stereocenters. The molecule has 0 aliphatic heterocycles. The summed E-state index contributed by atoms with van der Waals surface area (Å²) < 4.78 is 24.9. The summed E-state index contributed by atoms with van der Waals surface area (Å²) >= 11 is 0. The second-order valence-electron chi connectivity index (χ2n) is 7.75. The number of carbonyl (C=O) groups excluding carboxylic acids is 2. The van der Waals surface area contributed by atoms with E-state index in [1.165, 1.54) is 24.5 Å². The lowest BCUT2D eigenvalue weighted by Gasteiger charge is -2.08. The van der Waals surface area contributed by atoms with E-state index in [1.54, 1.807) is 30.3 Å². The first kappa shape index (κ1) is 20.5. The van der Waals surface area contributed by atoms with Gasteiger partial charge in [-0.05, 0) is 55.0 Å². The van der Waals surface area contributed by atoms with E-state index >= 15 is 0 Å². The molecule has 3 aromatic carbocycles. The number of hydrogen-bond acceptors (Lipinski definition) is 4. The van der Waals surface area contributed by atoms with Crippen LogP contribution in [-0.2, 0) is 11.2 Å². The number of nitrogens with one attached hydrogen (secondary N) is 2. The summed E-state index contributed by atoms with van der Waals surface area (Å²) in [7, 11) is 0. The van der Waals surface area contributed by atoms with Crippen molar-refractivity contribution in [3.05, 3.63) is 95.7 Å². The maximum atomic E-state index is 13.7. The van der Waals surface area contributed by atoms with Crippen LogP contribution in [0.4, 0.5) is 15.8 Å². The Balaban J connectivity index is 1.45. The Morgan fingerprint density at radius 3 is 2.61 bits per heavy atom. The van der Waals surface area contributed by atoms with Crippen LogP contribution in [0.3, 0.4) is 0 Å². The van der Waals surface area contributed by atoms with Crippen molar-refractivity contribution in [1.82, 2.24) is 0 Å². The van der Waals surface area contributed by atoms with Crippen LogP contribution in [0.1, 0.15) is 21.7 Å². The number of aryl methyl sites for hydroxylation is 1. The number of benzene rings is 3. The monoisotopic (exact) mass is 442 g/mol. The van der Waals surface area contributed by atoms with Crippen molar-refractivity contribution in [2.75, 3.05) is 10.6 Å². The highest BCUT2D eigenvalue weighted by atomic mass is 19.1. The van der Waals surface area contributed by atoms with Crippen LogP contribution in [0.5, 0.6) is 0 Å². The maximum absolute atomic E-state index is 13.7. The highest BCUT2D eigenvalue weighted by Gasteiger charge is 2.23. The Bertz CT molecular complexity index is 1520. The average Bonchev–Trinajstić information content (AvgIpc) is 3.35. The topological polar surface area (TPSA) is 84.5 Å². The lowest BCUT2D eigenvalue weighted by Crippen LogP contribution is -2.18. The molecule has 6 nitrogen and oxygen atoms in total. The Labute approximate surface area is 188 Å². The fraction of sp³-hybridized carbons (Fsp3) is 0.0769. The van der Waals surface area contributed by atoms with Gasteiger partial charge in [0, 0.05) is 22.0 Å². The van der Waals surface area contributed by atoms with Gasteiger partial charge in [0.1, 0.15) is 22.7 Å². The van der Waals surface area contributed by atoms with E-state index in [1.807, 2.05) is 25.1 Å². The van der Waals surface area contributed by atoms with Crippen LogP contribution in [0, 0.1) is 12.7 Å². The summed E-state index contributed by atoms with van der Waals surface area (Å²) in [6.07, 6.45) is 1.37. The normalized spacial score (nSPS) is 11.1. The van der Waals surface area contributed by atoms with Crippen molar-refractivity contribution in [2.45, 2.75) is 13.3 Å². The Hall–Kier alpha value is -4.39. The van der Waals surface area contributed by atoms with Gasteiger partial charge in [0.15, 0.2) is 0 Å². The number of hydrogen-bond donors (Lipinski definition) is 2. The van der Waals surface area contributed by atoms with Gasteiger partial charge in [-0.25, -0.2) is 4.39 Å². The summed E-state index contributed by atoms with van der Waals surface area (Å²) in [5.74, 6) is -1.29. The van der Waals surface area contributed by atoms with Crippen LogP contribution >= 0.6 is 0 Å². The maximum Gasteiger partial charge on any atom is 0.293 e. The third-order valence-electron chi connectivity index (χ3n) is 5.31. The van der Waals surface area contributed by atoms with Crippen molar-refractivity contribution < 1.29 is 22.8 Å². The molecule has 7 heteroatoms. The second-order valence-corrected chi connectivity index (χ2v) is 7.75. The number of carbonyl (C=O) groups is 2. The molecule has 33 heavy (non-hydrogen) atoms. The summed E-state index contributed by atoms with van der Waals surface area (Å²) in [6.45, 7) is 1.92. The van der Waals surface area contributed by atoms with Gasteiger partial charge >= 0.3 is 0 Å². The molecule has 5 rings (SSSR count). The van der Waals surface area contributed by atoms with Crippen molar-refractivity contribution in [1.29, 1.82) is 0 Å². The quantitative estimate of drug-likeness (QED) is 0.347. The van der Waals surface area contributed by atoms with Gasteiger partial charge in [-0.2, -0.15) is 0 Å². The third-order valence-corrected chi connectivity index (χ3v) is 5.31. The summed E-state index contributed by atoms with van der Waals surface area (Å²) in [5, 5.41) is 6.74. The largest absolute Gasteiger partial charge is 0.464 e. The zero-order valence-electron chi connectivity index (χ0n) is 17.6. The molecule has 5 aromatic rings. The zero-order chi connectivity index (χ0) is 22.9. The molecule has 0 bridgehead atoms. The Morgan fingerprint density at radius 2 is 1.76 bits per heavy atom. The van der Waals surface area contributed by atoms with Gasteiger partial charge in [-0.3, -0.25) is 9.59 Å². The van der Waals surface area contributed by atoms with E-state index < -0.39 is 17.6 Å². The number of anilines is 2. The number of fused-ring (bicyclic) bond motifs is 2. The molecule has 0 saturated heterocycles. The van der Waals surface area contributed by atoms with E-state index in [0.717, 1.165) is 5.56 Å². The molecule has 0 unspecified atom stereocenters. The predicted molar refractivity (Wildman–Crippen MR) is 124 cm³/mol. The molecule has 0 radical (unpaired) electrons. The fourth-order valence-electron chi connectivity index (χ4n) is 3.79. The van der Waals surface area contributed by atoms with Gasteiger partial charge in [0.05, 0.1) is 12.7 Å². The van der Waals surface area contributed by atoms with Gasteiger partial charge in [-0.1, -0.05) is 24.3 Å². The summed E-state index contributed by atoms with van der Waals surface area (Å²) in [5.41, 5.74) is 3.39. The molecule has 0 spiro atoms. The minimum atomic E-state index is -0.483. The van der Waals surface area contributed by atoms with Gasteiger partial charge in [0.25, 0.3) is 5.91 Å². The standard InChI is InChI=1S/C26H19FN2O4/c1-15-5-4-6-18(11-15)28-26(31)25-24(19-7-2-3-8-22(19)33-25)29-23(30)12-16-14-32-21-10-9-17(27)13-20(16)21/h2-11,13-14H,12H2,1H3,(H,28,31)(H,29,30). The van der Waals surface area contributed by atoms with E-state index in [0.29, 0.717) is 33.2 Å². The summed E-state index contributed by atoms with van der Waals surface area (Å²) in [6, 6.07) is 18.6. The highest BCUT2D eigenvalue weighted by Crippen LogP contribution is 2.32. The van der Waals surface area contributed by atoms with E-state index in [2.05, 4.69) is 10.6 Å². The van der Waals surface area contributed by atoms with Crippen molar-refractivity contribution in [3.8, 4) is 0 Å². The molecule has 0 saturated carbocycles. The van der Waals surface area contributed by atoms with Crippen LogP contribution < -0.4 is 10.6 Å². The zero-order valence-corrected chi connectivity index (χ0v) is 17.6. The first-order valence-electron chi connectivity index (χ1n) is 10.3. The molecule has 2 N–H and O–H groups in total. The Morgan fingerprint density at radius 1 is 0.909 bits per heavy atom. The SMILES string of the molecule is Cc1cccc(NC(=O)c2oc3ccccc3c2NC(=O)Cc2coc3ccc(F)cc23)c1. The summed E-state index contributed by atoms with van der Waals surface area (Å²) in [4.78, 5) is 25.9. The predicted octanol–water partition coefficient (Wildman–Crippen LogP) is 6.06. The minimum Gasteiger partial charge on any atom is -0.464 e. The van der Waals surface area contributed by atoms with Crippen LogP contribution in [-0.4, -0.2) is 11.8 Å².